The van der Waals surface area contributed by atoms with Crippen LogP contribution in [0.5, 0.6) is 0 Å². The maximum Gasteiger partial charge on any atom is 0.239 e. The third-order valence-corrected chi connectivity index (χ3v) is 3.59. The van der Waals surface area contributed by atoms with Crippen molar-refractivity contribution < 1.29 is 4.79 Å². The predicted molar refractivity (Wildman–Crippen MR) is 60.6 cm³/mol. The molecule has 0 aromatic rings. The van der Waals surface area contributed by atoms with E-state index < -0.39 is 0 Å². The minimum absolute atomic E-state index is 0.109. The van der Waals surface area contributed by atoms with Gasteiger partial charge in [-0.05, 0) is 31.7 Å². The summed E-state index contributed by atoms with van der Waals surface area (Å²) < 4.78 is 0. The molecule has 15 heavy (non-hydrogen) atoms. The number of carbonyl (C=O) groups is 1. The standard InChI is InChI=1S/C12H22N2O/c1-10-6-8-14(9-10)12(15)11-5-3-2-4-7-13-11/h10-11,13H,2-9H2,1H3. The Hall–Kier alpha value is -0.570. The molecule has 3 nitrogen and oxygen atoms in total. The number of carbonyl (C=O) groups excluding carboxylic acids is 1. The van der Waals surface area contributed by atoms with Gasteiger partial charge >= 0.3 is 0 Å². The highest BCUT2D eigenvalue weighted by molar-refractivity contribution is 5.82. The van der Waals surface area contributed by atoms with Gasteiger partial charge < -0.3 is 10.2 Å². The number of hydrogen-bond acceptors (Lipinski definition) is 2. The van der Waals surface area contributed by atoms with Gasteiger partial charge in [0.1, 0.15) is 0 Å². The minimum atomic E-state index is 0.109. The largest absolute Gasteiger partial charge is 0.341 e. The molecule has 1 N–H and O–H groups in total. The summed E-state index contributed by atoms with van der Waals surface area (Å²) in [5.41, 5.74) is 0. The van der Waals surface area contributed by atoms with Crippen molar-refractivity contribution in [1.82, 2.24) is 10.2 Å². The van der Waals surface area contributed by atoms with E-state index in [9.17, 15) is 4.79 Å². The molecule has 2 saturated heterocycles. The van der Waals surface area contributed by atoms with Gasteiger partial charge in [-0.15, -0.1) is 0 Å². The summed E-state index contributed by atoms with van der Waals surface area (Å²) in [5, 5.41) is 3.38. The third-order valence-electron chi connectivity index (χ3n) is 3.59. The van der Waals surface area contributed by atoms with Gasteiger partial charge in [-0.3, -0.25) is 4.79 Å². The summed E-state index contributed by atoms with van der Waals surface area (Å²) in [6.07, 6.45) is 5.91. The lowest BCUT2D eigenvalue weighted by Crippen LogP contribution is -2.45. The van der Waals surface area contributed by atoms with Crippen molar-refractivity contribution in [2.24, 2.45) is 5.92 Å². The van der Waals surface area contributed by atoms with E-state index in [1.165, 1.54) is 25.7 Å². The molecule has 2 atom stereocenters. The predicted octanol–water partition coefficient (Wildman–Crippen LogP) is 1.39. The molecule has 0 radical (unpaired) electrons. The zero-order chi connectivity index (χ0) is 10.7. The van der Waals surface area contributed by atoms with Crippen LogP contribution in [0.3, 0.4) is 0 Å². The molecule has 2 rings (SSSR count). The van der Waals surface area contributed by atoms with Crippen molar-refractivity contribution in [3.63, 3.8) is 0 Å². The van der Waals surface area contributed by atoms with Crippen LogP contribution in [0.25, 0.3) is 0 Å². The first-order valence-electron chi connectivity index (χ1n) is 6.29. The normalized spacial score (nSPS) is 32.7. The molecular weight excluding hydrogens is 188 g/mol. The van der Waals surface area contributed by atoms with E-state index >= 15 is 0 Å². The Bertz CT molecular complexity index is 222. The average Bonchev–Trinajstić information content (AvgIpc) is 2.53. The molecule has 0 bridgehead atoms. The molecule has 2 aliphatic heterocycles. The number of likely N-dealkylation sites (tertiary alicyclic amines) is 1. The van der Waals surface area contributed by atoms with Crippen molar-refractivity contribution >= 4 is 5.91 Å². The van der Waals surface area contributed by atoms with Crippen LogP contribution in [-0.4, -0.2) is 36.5 Å². The van der Waals surface area contributed by atoms with E-state index in [0.29, 0.717) is 11.8 Å². The molecule has 1 amide bonds. The number of amides is 1. The first kappa shape index (κ1) is 10.9. The van der Waals surface area contributed by atoms with Crippen molar-refractivity contribution in [1.29, 1.82) is 0 Å². The van der Waals surface area contributed by atoms with Gasteiger partial charge in [0.2, 0.25) is 5.91 Å². The fourth-order valence-corrected chi connectivity index (χ4v) is 2.59. The summed E-state index contributed by atoms with van der Waals surface area (Å²) in [6.45, 7) is 5.18. The summed E-state index contributed by atoms with van der Waals surface area (Å²) in [4.78, 5) is 14.2. The van der Waals surface area contributed by atoms with Gasteiger partial charge in [-0.2, -0.15) is 0 Å². The highest BCUT2D eigenvalue weighted by Gasteiger charge is 2.29. The fourth-order valence-electron chi connectivity index (χ4n) is 2.59. The van der Waals surface area contributed by atoms with E-state index in [2.05, 4.69) is 12.2 Å². The lowest BCUT2D eigenvalue weighted by atomic mass is 10.1. The summed E-state index contributed by atoms with van der Waals surface area (Å²) in [6, 6.07) is 0.109. The molecule has 2 fully saturated rings. The number of nitrogens with one attached hydrogen (secondary N) is 1. The maximum atomic E-state index is 12.2. The van der Waals surface area contributed by atoms with Crippen molar-refractivity contribution in [2.45, 2.75) is 45.1 Å². The van der Waals surface area contributed by atoms with Crippen LogP contribution < -0.4 is 5.32 Å². The van der Waals surface area contributed by atoms with Gasteiger partial charge in [0.05, 0.1) is 6.04 Å². The van der Waals surface area contributed by atoms with Gasteiger partial charge in [0.15, 0.2) is 0 Å². The van der Waals surface area contributed by atoms with E-state index in [-0.39, 0.29) is 6.04 Å². The van der Waals surface area contributed by atoms with Gasteiger partial charge in [-0.1, -0.05) is 19.8 Å². The Morgan fingerprint density at radius 2 is 2.13 bits per heavy atom. The van der Waals surface area contributed by atoms with E-state index in [4.69, 9.17) is 0 Å². The number of rotatable bonds is 1. The maximum absolute atomic E-state index is 12.2. The number of nitrogens with zero attached hydrogens (tertiary/aromatic N) is 1. The molecule has 2 unspecified atom stereocenters. The lowest BCUT2D eigenvalue weighted by molar-refractivity contribution is -0.132. The highest BCUT2D eigenvalue weighted by Crippen LogP contribution is 2.18. The monoisotopic (exact) mass is 210 g/mol. The van der Waals surface area contributed by atoms with Crippen LogP contribution in [0, 0.1) is 5.92 Å². The van der Waals surface area contributed by atoms with Crippen molar-refractivity contribution in [3.8, 4) is 0 Å². The van der Waals surface area contributed by atoms with Gasteiger partial charge in [-0.25, -0.2) is 0 Å². The van der Waals surface area contributed by atoms with Crippen molar-refractivity contribution in [2.75, 3.05) is 19.6 Å². The van der Waals surface area contributed by atoms with E-state index in [1.54, 1.807) is 0 Å². The average molecular weight is 210 g/mol. The molecule has 0 aromatic heterocycles. The third kappa shape index (κ3) is 2.71. The molecule has 2 aliphatic rings. The summed E-state index contributed by atoms with van der Waals surface area (Å²) >= 11 is 0. The Morgan fingerprint density at radius 1 is 1.27 bits per heavy atom. The van der Waals surface area contributed by atoms with Crippen LogP contribution in [0.2, 0.25) is 0 Å². The lowest BCUT2D eigenvalue weighted by Gasteiger charge is -2.22. The van der Waals surface area contributed by atoms with Crippen LogP contribution in [0.4, 0.5) is 0 Å². The van der Waals surface area contributed by atoms with E-state index in [0.717, 1.165) is 26.1 Å². The summed E-state index contributed by atoms with van der Waals surface area (Å²) in [5.74, 6) is 1.04. The Labute approximate surface area is 92.2 Å². The van der Waals surface area contributed by atoms with Crippen LogP contribution in [0.15, 0.2) is 0 Å². The second-order valence-corrected chi connectivity index (χ2v) is 5.03. The first-order chi connectivity index (χ1) is 7.27. The van der Waals surface area contributed by atoms with Gasteiger partial charge in [0, 0.05) is 13.1 Å². The van der Waals surface area contributed by atoms with Crippen LogP contribution >= 0.6 is 0 Å². The SMILES string of the molecule is CC1CCN(C(=O)C2CCCCCN2)C1. The number of hydrogen-bond donors (Lipinski definition) is 1. The molecule has 0 aliphatic carbocycles. The van der Waals surface area contributed by atoms with Crippen LogP contribution in [0.1, 0.15) is 39.0 Å². The Balaban J connectivity index is 1.88. The Morgan fingerprint density at radius 3 is 2.87 bits per heavy atom. The zero-order valence-corrected chi connectivity index (χ0v) is 9.67. The first-order valence-corrected chi connectivity index (χ1v) is 6.29. The minimum Gasteiger partial charge on any atom is -0.341 e. The summed E-state index contributed by atoms with van der Waals surface area (Å²) in [7, 11) is 0. The Kier molecular flexibility index (Phi) is 3.62. The second kappa shape index (κ2) is 4.97. The second-order valence-electron chi connectivity index (χ2n) is 5.03. The van der Waals surface area contributed by atoms with Crippen molar-refractivity contribution in [3.05, 3.63) is 0 Å². The van der Waals surface area contributed by atoms with Gasteiger partial charge in [0.25, 0.3) is 0 Å². The van der Waals surface area contributed by atoms with Crippen LogP contribution in [-0.2, 0) is 4.79 Å². The molecule has 3 heteroatoms. The zero-order valence-electron chi connectivity index (χ0n) is 9.67. The molecule has 0 saturated carbocycles. The molecule has 2 heterocycles. The smallest absolute Gasteiger partial charge is 0.239 e. The fraction of sp³-hybridized carbons (Fsp3) is 0.917. The molecule has 0 aromatic carbocycles. The molecule has 0 spiro atoms. The van der Waals surface area contributed by atoms with E-state index in [1.807, 2.05) is 4.90 Å². The highest BCUT2D eigenvalue weighted by atomic mass is 16.2. The molecule has 86 valence electrons. The quantitative estimate of drug-likeness (QED) is 0.709. The topological polar surface area (TPSA) is 32.3 Å². The molecular formula is C12H22N2O.